The highest BCUT2D eigenvalue weighted by atomic mass is 16.5. The average molecular weight is 197 g/mol. The van der Waals surface area contributed by atoms with Gasteiger partial charge in [-0.25, -0.2) is 0 Å². The summed E-state index contributed by atoms with van der Waals surface area (Å²) in [4.78, 5) is 0. The van der Waals surface area contributed by atoms with Gasteiger partial charge in [-0.15, -0.1) is 0 Å². The number of hydrogen-bond acceptors (Lipinski definition) is 3. The second kappa shape index (κ2) is 4.62. The first kappa shape index (κ1) is 11.3. The molecular formula is C11H19NO2. The van der Waals surface area contributed by atoms with Crippen molar-refractivity contribution in [2.45, 2.75) is 39.5 Å². The number of rotatable bonds is 4. The molecule has 0 bridgehead atoms. The van der Waals surface area contributed by atoms with Crippen LogP contribution in [0.2, 0.25) is 0 Å². The zero-order valence-electron chi connectivity index (χ0n) is 9.39. The van der Waals surface area contributed by atoms with Gasteiger partial charge in [0.15, 0.2) is 0 Å². The van der Waals surface area contributed by atoms with Gasteiger partial charge in [-0.1, -0.05) is 0 Å². The maximum absolute atomic E-state index is 5.53. The molecule has 3 heteroatoms. The fourth-order valence-electron chi connectivity index (χ4n) is 1.09. The minimum atomic E-state index is 0.119. The number of furan rings is 1. The van der Waals surface area contributed by atoms with Crippen LogP contribution in [0.3, 0.4) is 0 Å². The Labute approximate surface area is 85.4 Å². The molecule has 1 aromatic rings. The van der Waals surface area contributed by atoms with E-state index in [0.29, 0.717) is 6.61 Å². The van der Waals surface area contributed by atoms with Crippen molar-refractivity contribution in [3.63, 3.8) is 0 Å². The molecule has 1 rings (SSSR count). The van der Waals surface area contributed by atoms with Gasteiger partial charge in [0.2, 0.25) is 0 Å². The number of ether oxygens (including phenoxy) is 1. The minimum Gasteiger partial charge on any atom is -0.462 e. The average Bonchev–Trinajstić information content (AvgIpc) is 2.49. The van der Waals surface area contributed by atoms with Gasteiger partial charge in [0.05, 0.1) is 6.54 Å². The molecule has 0 radical (unpaired) electrons. The van der Waals surface area contributed by atoms with Gasteiger partial charge in [0, 0.05) is 12.6 Å². The lowest BCUT2D eigenvalue weighted by atomic mass is 10.1. The maximum atomic E-state index is 5.53. The second-order valence-corrected chi connectivity index (χ2v) is 4.40. The van der Waals surface area contributed by atoms with Gasteiger partial charge in [-0.2, -0.15) is 0 Å². The van der Waals surface area contributed by atoms with Crippen LogP contribution in [-0.4, -0.2) is 12.6 Å². The lowest BCUT2D eigenvalue weighted by Crippen LogP contribution is -2.34. The van der Waals surface area contributed by atoms with Crippen LogP contribution >= 0.6 is 0 Å². The summed E-state index contributed by atoms with van der Waals surface area (Å²) in [5.74, 6) is 1.82. The predicted octanol–water partition coefficient (Wildman–Crippen LogP) is 2.31. The van der Waals surface area contributed by atoms with Crippen LogP contribution in [0.25, 0.3) is 0 Å². The molecule has 0 spiro atoms. The second-order valence-electron chi connectivity index (χ2n) is 4.40. The Hall–Kier alpha value is -0.800. The third-order valence-corrected chi connectivity index (χ3v) is 1.80. The molecule has 1 aromatic heterocycles. The van der Waals surface area contributed by atoms with Crippen LogP contribution in [0.4, 0.5) is 0 Å². The Bertz CT molecular complexity index is 273. The van der Waals surface area contributed by atoms with E-state index in [9.17, 15) is 0 Å². The topological polar surface area (TPSA) is 34.4 Å². The van der Waals surface area contributed by atoms with Crippen molar-refractivity contribution in [3.05, 3.63) is 23.7 Å². The summed E-state index contributed by atoms with van der Waals surface area (Å²) in [6.07, 6.45) is 0. The summed E-state index contributed by atoms with van der Waals surface area (Å²) in [5, 5.41) is 3.36. The summed E-state index contributed by atoms with van der Waals surface area (Å²) < 4.78 is 10.5. The van der Waals surface area contributed by atoms with E-state index in [-0.39, 0.29) is 5.54 Å². The van der Waals surface area contributed by atoms with E-state index in [4.69, 9.17) is 9.15 Å². The highest BCUT2D eigenvalue weighted by Crippen LogP contribution is 2.10. The molecule has 0 amide bonds. The molecule has 0 aliphatic heterocycles. The molecule has 0 atom stereocenters. The van der Waals surface area contributed by atoms with Crippen molar-refractivity contribution in [3.8, 4) is 0 Å². The molecule has 0 saturated carbocycles. The van der Waals surface area contributed by atoms with Gasteiger partial charge in [-0.3, -0.25) is 0 Å². The summed E-state index contributed by atoms with van der Waals surface area (Å²) >= 11 is 0. The monoisotopic (exact) mass is 197 g/mol. The Morgan fingerprint density at radius 2 is 1.93 bits per heavy atom. The third kappa shape index (κ3) is 3.94. The molecule has 0 aromatic carbocycles. The highest BCUT2D eigenvalue weighted by molar-refractivity contribution is 5.06. The molecule has 1 heterocycles. The quantitative estimate of drug-likeness (QED) is 0.804. The Morgan fingerprint density at radius 3 is 2.50 bits per heavy atom. The van der Waals surface area contributed by atoms with Gasteiger partial charge in [0.1, 0.15) is 18.1 Å². The van der Waals surface area contributed by atoms with Crippen molar-refractivity contribution >= 4 is 0 Å². The van der Waals surface area contributed by atoms with Gasteiger partial charge in [0.25, 0.3) is 0 Å². The molecule has 0 unspecified atom stereocenters. The molecule has 80 valence electrons. The van der Waals surface area contributed by atoms with E-state index in [0.717, 1.165) is 18.1 Å². The SMILES string of the molecule is COCc1ccc(CNC(C)(C)C)o1. The molecule has 0 fully saturated rings. The lowest BCUT2D eigenvalue weighted by molar-refractivity contribution is 0.162. The van der Waals surface area contributed by atoms with Crippen molar-refractivity contribution < 1.29 is 9.15 Å². The molecule has 0 aliphatic carbocycles. The number of methoxy groups -OCH3 is 1. The highest BCUT2D eigenvalue weighted by Gasteiger charge is 2.09. The van der Waals surface area contributed by atoms with E-state index in [1.165, 1.54) is 0 Å². The summed E-state index contributed by atoms with van der Waals surface area (Å²) in [7, 11) is 1.66. The Balaban J connectivity index is 2.44. The summed E-state index contributed by atoms with van der Waals surface area (Å²) in [5.41, 5.74) is 0.119. The van der Waals surface area contributed by atoms with E-state index in [1.807, 2.05) is 12.1 Å². The molecular weight excluding hydrogens is 178 g/mol. The summed E-state index contributed by atoms with van der Waals surface area (Å²) in [6.45, 7) is 7.69. The molecule has 1 N–H and O–H groups in total. The molecule has 14 heavy (non-hydrogen) atoms. The van der Waals surface area contributed by atoms with Gasteiger partial charge < -0.3 is 14.5 Å². The zero-order chi connectivity index (χ0) is 10.6. The van der Waals surface area contributed by atoms with Crippen molar-refractivity contribution in [2.24, 2.45) is 0 Å². The first-order chi connectivity index (χ1) is 6.51. The number of nitrogens with one attached hydrogen (secondary N) is 1. The fourth-order valence-corrected chi connectivity index (χ4v) is 1.09. The zero-order valence-corrected chi connectivity index (χ0v) is 9.39. The molecule has 0 aliphatic rings. The van der Waals surface area contributed by atoms with Crippen LogP contribution in [0, 0.1) is 0 Å². The van der Waals surface area contributed by atoms with E-state index in [2.05, 4.69) is 26.1 Å². The standard InChI is InChI=1S/C11H19NO2/c1-11(2,3)12-7-9-5-6-10(14-9)8-13-4/h5-6,12H,7-8H2,1-4H3. The largest absolute Gasteiger partial charge is 0.462 e. The van der Waals surface area contributed by atoms with E-state index >= 15 is 0 Å². The van der Waals surface area contributed by atoms with Crippen LogP contribution in [-0.2, 0) is 17.9 Å². The predicted molar refractivity (Wildman–Crippen MR) is 56.0 cm³/mol. The maximum Gasteiger partial charge on any atom is 0.129 e. The smallest absolute Gasteiger partial charge is 0.129 e. The molecule has 3 nitrogen and oxygen atoms in total. The van der Waals surface area contributed by atoms with Gasteiger partial charge >= 0.3 is 0 Å². The summed E-state index contributed by atoms with van der Waals surface area (Å²) in [6, 6.07) is 3.93. The van der Waals surface area contributed by atoms with Crippen LogP contribution in [0.5, 0.6) is 0 Å². The van der Waals surface area contributed by atoms with E-state index in [1.54, 1.807) is 7.11 Å². The van der Waals surface area contributed by atoms with Crippen LogP contribution < -0.4 is 5.32 Å². The number of hydrogen-bond donors (Lipinski definition) is 1. The van der Waals surface area contributed by atoms with Crippen LogP contribution in [0.1, 0.15) is 32.3 Å². The third-order valence-electron chi connectivity index (χ3n) is 1.80. The normalized spacial score (nSPS) is 12.0. The fraction of sp³-hybridized carbons (Fsp3) is 0.636. The van der Waals surface area contributed by atoms with Crippen molar-refractivity contribution in [2.75, 3.05) is 7.11 Å². The van der Waals surface area contributed by atoms with Crippen molar-refractivity contribution in [1.29, 1.82) is 0 Å². The van der Waals surface area contributed by atoms with Gasteiger partial charge in [-0.05, 0) is 32.9 Å². The van der Waals surface area contributed by atoms with Crippen LogP contribution in [0.15, 0.2) is 16.5 Å². The van der Waals surface area contributed by atoms with E-state index < -0.39 is 0 Å². The first-order valence-electron chi connectivity index (χ1n) is 4.83. The first-order valence-corrected chi connectivity index (χ1v) is 4.83. The lowest BCUT2D eigenvalue weighted by Gasteiger charge is -2.19. The Kier molecular flexibility index (Phi) is 3.72. The molecule has 0 saturated heterocycles. The minimum absolute atomic E-state index is 0.119. The Morgan fingerprint density at radius 1 is 1.29 bits per heavy atom. The van der Waals surface area contributed by atoms with Crippen molar-refractivity contribution in [1.82, 2.24) is 5.32 Å².